The van der Waals surface area contributed by atoms with Crippen molar-refractivity contribution in [3.8, 4) is 0 Å². The molecule has 0 atom stereocenters. The first kappa shape index (κ1) is 14.9. The van der Waals surface area contributed by atoms with Crippen LogP contribution in [0.5, 0.6) is 0 Å². The van der Waals surface area contributed by atoms with E-state index in [4.69, 9.17) is 0 Å². The van der Waals surface area contributed by atoms with Gasteiger partial charge in [-0.15, -0.1) is 11.3 Å². The van der Waals surface area contributed by atoms with Gasteiger partial charge in [-0.1, -0.05) is 0 Å². The maximum Gasteiger partial charge on any atom is 0.443 e. The van der Waals surface area contributed by atoms with Gasteiger partial charge in [-0.3, -0.25) is 4.79 Å². The van der Waals surface area contributed by atoms with Crippen LogP contribution < -0.4 is 5.32 Å². The molecule has 0 unspecified atom stereocenters. The van der Waals surface area contributed by atoms with Gasteiger partial charge < -0.3 is 10.2 Å². The second kappa shape index (κ2) is 5.66. The average molecular weight is 281 g/mol. The lowest BCUT2D eigenvalue weighted by Crippen LogP contribution is -2.31. The molecule has 1 amide bonds. The lowest BCUT2D eigenvalue weighted by Gasteiger charge is -2.09. The molecule has 0 radical (unpaired) electrons. The summed E-state index contributed by atoms with van der Waals surface area (Å²) in [7, 11) is 3.68. The van der Waals surface area contributed by atoms with Crippen molar-refractivity contribution in [2.45, 2.75) is 13.1 Å². The predicted octanol–water partition coefficient (Wildman–Crippen LogP) is 1.76. The van der Waals surface area contributed by atoms with Gasteiger partial charge in [-0.25, -0.2) is 4.98 Å². The van der Waals surface area contributed by atoms with E-state index in [0.29, 0.717) is 24.4 Å². The predicted molar refractivity (Wildman–Crippen MR) is 62.7 cm³/mol. The highest BCUT2D eigenvalue weighted by atomic mass is 32.1. The van der Waals surface area contributed by atoms with Crippen molar-refractivity contribution in [2.24, 2.45) is 0 Å². The Kier molecular flexibility index (Phi) is 4.69. The number of nitrogens with zero attached hydrogens (tertiary/aromatic N) is 2. The van der Waals surface area contributed by atoms with Crippen LogP contribution >= 0.6 is 11.3 Å². The molecule has 0 saturated heterocycles. The van der Waals surface area contributed by atoms with Crippen molar-refractivity contribution < 1.29 is 18.0 Å². The van der Waals surface area contributed by atoms with Gasteiger partial charge in [0.2, 0.25) is 0 Å². The van der Waals surface area contributed by atoms with E-state index in [-0.39, 0.29) is 10.6 Å². The molecule has 0 spiro atoms. The van der Waals surface area contributed by atoms with Gasteiger partial charge in [0.1, 0.15) is 4.88 Å². The number of aromatic nitrogens is 1. The quantitative estimate of drug-likeness (QED) is 0.914. The Morgan fingerprint density at radius 1 is 1.44 bits per heavy atom. The third kappa shape index (κ3) is 3.95. The first-order valence-corrected chi connectivity index (χ1v) is 6.01. The average Bonchev–Trinajstić information content (AvgIpc) is 2.59. The van der Waals surface area contributed by atoms with Crippen molar-refractivity contribution in [3.63, 3.8) is 0 Å². The summed E-state index contributed by atoms with van der Waals surface area (Å²) in [5.74, 6) is -0.512. The van der Waals surface area contributed by atoms with Crippen LogP contribution in [0.15, 0.2) is 0 Å². The number of nitrogens with one attached hydrogen (secondary N) is 1. The van der Waals surface area contributed by atoms with E-state index in [9.17, 15) is 18.0 Å². The van der Waals surface area contributed by atoms with Crippen molar-refractivity contribution in [1.82, 2.24) is 15.2 Å². The van der Waals surface area contributed by atoms with E-state index in [1.54, 1.807) is 0 Å². The van der Waals surface area contributed by atoms with E-state index in [1.165, 1.54) is 6.92 Å². The molecule has 0 aliphatic carbocycles. The minimum absolute atomic E-state index is 0.0149. The number of rotatable bonds is 4. The summed E-state index contributed by atoms with van der Waals surface area (Å²) in [6.45, 7) is 2.40. The van der Waals surface area contributed by atoms with Gasteiger partial charge in [0.15, 0.2) is 5.01 Å². The van der Waals surface area contributed by atoms with Gasteiger partial charge in [-0.05, 0) is 21.0 Å². The van der Waals surface area contributed by atoms with Gasteiger partial charge in [0.25, 0.3) is 5.91 Å². The Hall–Kier alpha value is -1.15. The Morgan fingerprint density at radius 3 is 2.50 bits per heavy atom. The molecule has 18 heavy (non-hydrogen) atoms. The molecule has 102 valence electrons. The van der Waals surface area contributed by atoms with Crippen LogP contribution in [0.25, 0.3) is 0 Å². The molecule has 0 bridgehead atoms. The molecular weight excluding hydrogens is 267 g/mol. The molecule has 1 rings (SSSR count). The summed E-state index contributed by atoms with van der Waals surface area (Å²) in [6, 6.07) is 0. The summed E-state index contributed by atoms with van der Waals surface area (Å²) in [5, 5.41) is 1.57. The summed E-state index contributed by atoms with van der Waals surface area (Å²) in [6.07, 6.45) is -4.50. The number of aryl methyl sites for hydroxylation is 1. The highest BCUT2D eigenvalue weighted by molar-refractivity contribution is 7.13. The minimum Gasteiger partial charge on any atom is -0.350 e. The van der Waals surface area contributed by atoms with Gasteiger partial charge in [0.05, 0.1) is 5.69 Å². The third-order valence-corrected chi connectivity index (χ3v) is 3.29. The third-order valence-electron chi connectivity index (χ3n) is 2.09. The maximum absolute atomic E-state index is 12.4. The van der Waals surface area contributed by atoms with Crippen LogP contribution in [-0.2, 0) is 6.18 Å². The lowest BCUT2D eigenvalue weighted by molar-refractivity contribution is -0.137. The lowest BCUT2D eigenvalue weighted by atomic mass is 10.3. The fourth-order valence-corrected chi connectivity index (χ4v) is 2.05. The number of amides is 1. The second-order valence-corrected chi connectivity index (χ2v) is 4.99. The molecular formula is C10H14F3N3OS. The summed E-state index contributed by atoms with van der Waals surface area (Å²) < 4.78 is 37.2. The van der Waals surface area contributed by atoms with Crippen LogP contribution in [0.3, 0.4) is 0 Å². The van der Waals surface area contributed by atoms with E-state index in [2.05, 4.69) is 10.3 Å². The number of carbonyl (C=O) groups is 1. The van der Waals surface area contributed by atoms with Crippen molar-refractivity contribution in [3.05, 3.63) is 15.6 Å². The Labute approximate surface area is 107 Å². The number of carbonyl (C=O) groups excluding carboxylic acids is 1. The molecule has 8 heteroatoms. The Balaban J connectivity index is 2.72. The molecule has 0 fully saturated rings. The Bertz CT molecular complexity index is 428. The smallest absolute Gasteiger partial charge is 0.350 e. The van der Waals surface area contributed by atoms with Crippen molar-refractivity contribution >= 4 is 17.2 Å². The number of halogens is 3. The zero-order chi connectivity index (χ0) is 13.9. The molecule has 0 aromatic carbocycles. The molecule has 1 heterocycles. The number of hydrogen-bond acceptors (Lipinski definition) is 4. The molecule has 1 N–H and O–H groups in total. The van der Waals surface area contributed by atoms with Crippen LogP contribution in [0.2, 0.25) is 0 Å². The zero-order valence-electron chi connectivity index (χ0n) is 10.3. The highest BCUT2D eigenvalue weighted by Gasteiger charge is 2.36. The van der Waals surface area contributed by atoms with Crippen LogP contribution in [0.4, 0.5) is 13.2 Å². The topological polar surface area (TPSA) is 45.2 Å². The molecule has 4 nitrogen and oxygen atoms in total. The van der Waals surface area contributed by atoms with Crippen molar-refractivity contribution in [1.29, 1.82) is 0 Å². The number of alkyl halides is 3. The fourth-order valence-electron chi connectivity index (χ4n) is 1.20. The number of likely N-dealkylation sites (N-methyl/N-ethyl adjacent to an activating group) is 1. The molecule has 1 aromatic rings. The molecule has 0 aliphatic rings. The van der Waals surface area contributed by atoms with Gasteiger partial charge >= 0.3 is 6.18 Å². The van der Waals surface area contributed by atoms with E-state index >= 15 is 0 Å². The first-order valence-electron chi connectivity index (χ1n) is 5.19. The van der Waals surface area contributed by atoms with Crippen LogP contribution in [0.1, 0.15) is 20.4 Å². The fraction of sp³-hybridized carbons (Fsp3) is 0.600. The second-order valence-electron chi connectivity index (χ2n) is 3.99. The number of thiazole rings is 1. The summed E-state index contributed by atoms with van der Waals surface area (Å²) in [4.78, 5) is 16.9. The Morgan fingerprint density at radius 2 is 2.06 bits per heavy atom. The maximum atomic E-state index is 12.4. The highest BCUT2D eigenvalue weighted by Crippen LogP contribution is 2.33. The van der Waals surface area contributed by atoms with E-state index in [1.807, 2.05) is 19.0 Å². The van der Waals surface area contributed by atoms with Gasteiger partial charge in [0, 0.05) is 13.1 Å². The SMILES string of the molecule is Cc1nc(C(F)(F)F)sc1C(=O)NCCN(C)C. The normalized spacial score (nSPS) is 11.9. The number of hydrogen-bond donors (Lipinski definition) is 1. The monoisotopic (exact) mass is 281 g/mol. The van der Waals surface area contributed by atoms with Crippen molar-refractivity contribution in [2.75, 3.05) is 27.2 Å². The largest absolute Gasteiger partial charge is 0.443 e. The van der Waals surface area contributed by atoms with Crippen LogP contribution in [-0.4, -0.2) is 43.0 Å². The molecule has 0 saturated carbocycles. The summed E-state index contributed by atoms with van der Waals surface area (Å²) in [5.41, 5.74) is 0.106. The molecule has 1 aromatic heterocycles. The standard InChI is InChI=1S/C10H14F3N3OS/c1-6-7(8(17)14-4-5-16(2)3)18-9(15-6)10(11,12)13/h4-5H2,1-3H3,(H,14,17). The molecule has 0 aliphatic heterocycles. The van der Waals surface area contributed by atoms with E-state index in [0.717, 1.165) is 0 Å². The van der Waals surface area contributed by atoms with Crippen LogP contribution in [0, 0.1) is 6.92 Å². The summed E-state index contributed by atoms with van der Waals surface area (Å²) >= 11 is 0.372. The first-order chi connectivity index (χ1) is 8.21. The minimum atomic E-state index is -4.50. The van der Waals surface area contributed by atoms with Gasteiger partial charge in [-0.2, -0.15) is 13.2 Å². The zero-order valence-corrected chi connectivity index (χ0v) is 11.1. The van der Waals surface area contributed by atoms with E-state index < -0.39 is 17.1 Å².